The van der Waals surface area contributed by atoms with Crippen molar-refractivity contribution in [3.8, 4) is 17.0 Å². The molecule has 0 amide bonds. The van der Waals surface area contributed by atoms with Crippen molar-refractivity contribution in [1.82, 2.24) is 4.98 Å². The number of para-hydroxylation sites is 2. The molecule has 0 aliphatic rings. The van der Waals surface area contributed by atoms with Crippen molar-refractivity contribution in [3.05, 3.63) is 54.1 Å². The summed E-state index contributed by atoms with van der Waals surface area (Å²) in [6.45, 7) is 0. The second-order valence-electron chi connectivity index (χ2n) is 4.64. The van der Waals surface area contributed by atoms with Gasteiger partial charge in [0.05, 0.1) is 12.8 Å². The third-order valence-electron chi connectivity index (χ3n) is 3.42. The first-order valence-electron chi connectivity index (χ1n) is 6.51. The van der Waals surface area contributed by atoms with Crippen LogP contribution in [-0.2, 0) is 11.2 Å². The number of rotatable bonds is 4. The molecule has 0 aliphatic heterocycles. The van der Waals surface area contributed by atoms with E-state index < -0.39 is 0 Å². The number of nitrogens with one attached hydrogen (secondary N) is 1. The number of methoxy groups -OCH3 is 1. The monoisotopic (exact) mass is 265 g/mol. The molecule has 0 saturated carbocycles. The number of hydrogen-bond donors (Lipinski definition) is 1. The molecule has 0 spiro atoms. The van der Waals surface area contributed by atoms with E-state index in [2.05, 4.69) is 17.1 Å². The van der Waals surface area contributed by atoms with E-state index in [1.807, 2.05) is 36.4 Å². The van der Waals surface area contributed by atoms with Crippen molar-refractivity contribution in [2.24, 2.45) is 0 Å². The maximum Gasteiger partial charge on any atom is 0.131 e. The molecule has 0 aliphatic carbocycles. The molecule has 3 aromatic rings. The van der Waals surface area contributed by atoms with Gasteiger partial charge < -0.3 is 14.5 Å². The van der Waals surface area contributed by atoms with Crippen LogP contribution in [0, 0.1) is 0 Å². The Labute approximate surface area is 117 Å². The summed E-state index contributed by atoms with van der Waals surface area (Å²) >= 11 is 0. The summed E-state index contributed by atoms with van der Waals surface area (Å²) in [4.78, 5) is 14.2. The van der Waals surface area contributed by atoms with Gasteiger partial charge in [0, 0.05) is 28.5 Å². The predicted octanol–water partition coefficient (Wildman–Crippen LogP) is 3.58. The summed E-state index contributed by atoms with van der Waals surface area (Å²) in [6.07, 6.45) is 1.25. The second kappa shape index (κ2) is 5.21. The Balaban J connectivity index is 2.17. The van der Waals surface area contributed by atoms with Crippen LogP contribution in [0.5, 0.6) is 5.75 Å². The molecule has 0 saturated heterocycles. The lowest BCUT2D eigenvalue weighted by Crippen LogP contribution is -1.95. The highest BCUT2D eigenvalue weighted by atomic mass is 16.5. The molecule has 3 nitrogen and oxygen atoms in total. The number of aldehydes is 1. The normalized spacial score (nSPS) is 10.7. The molecule has 0 unspecified atom stereocenters. The summed E-state index contributed by atoms with van der Waals surface area (Å²) in [5, 5.41) is 1.16. The molecule has 0 radical (unpaired) electrons. The third kappa shape index (κ3) is 2.07. The van der Waals surface area contributed by atoms with Gasteiger partial charge in [0.25, 0.3) is 0 Å². The molecule has 2 aromatic carbocycles. The summed E-state index contributed by atoms with van der Waals surface area (Å²) in [5.41, 5.74) is 3.96. The molecule has 20 heavy (non-hydrogen) atoms. The van der Waals surface area contributed by atoms with Gasteiger partial charge in [-0.05, 0) is 18.2 Å². The van der Waals surface area contributed by atoms with E-state index in [1.165, 1.54) is 0 Å². The van der Waals surface area contributed by atoms with Gasteiger partial charge in [-0.1, -0.05) is 30.3 Å². The number of aromatic nitrogens is 1. The molecule has 0 bridgehead atoms. The van der Waals surface area contributed by atoms with Crippen molar-refractivity contribution in [3.63, 3.8) is 0 Å². The Kier molecular flexibility index (Phi) is 3.25. The van der Waals surface area contributed by atoms with Gasteiger partial charge in [-0.2, -0.15) is 0 Å². The van der Waals surface area contributed by atoms with E-state index in [9.17, 15) is 4.79 Å². The zero-order valence-corrected chi connectivity index (χ0v) is 11.2. The first-order chi connectivity index (χ1) is 9.83. The maximum absolute atomic E-state index is 10.8. The summed E-state index contributed by atoms with van der Waals surface area (Å²) < 4.78 is 5.50. The molecule has 3 heteroatoms. The zero-order chi connectivity index (χ0) is 13.9. The van der Waals surface area contributed by atoms with E-state index in [0.29, 0.717) is 6.42 Å². The highest BCUT2D eigenvalue weighted by molar-refractivity contribution is 5.87. The average Bonchev–Trinajstić information content (AvgIpc) is 2.91. The number of aromatic amines is 1. The minimum absolute atomic E-state index is 0.358. The summed E-state index contributed by atoms with van der Waals surface area (Å²) in [7, 11) is 1.63. The Morgan fingerprint density at radius 3 is 2.75 bits per heavy atom. The fourth-order valence-electron chi connectivity index (χ4n) is 2.51. The fraction of sp³-hybridized carbons (Fsp3) is 0.118. The van der Waals surface area contributed by atoms with E-state index in [0.717, 1.165) is 39.8 Å². The van der Waals surface area contributed by atoms with Gasteiger partial charge >= 0.3 is 0 Å². The number of benzene rings is 2. The SMILES string of the molecule is COc1c(CC=O)cccc1-c1cc2ccccc2[nH]1. The van der Waals surface area contributed by atoms with Gasteiger partial charge in [0.1, 0.15) is 12.0 Å². The molecule has 100 valence electrons. The van der Waals surface area contributed by atoms with Crippen molar-refractivity contribution in [1.29, 1.82) is 0 Å². The van der Waals surface area contributed by atoms with E-state index >= 15 is 0 Å². The highest BCUT2D eigenvalue weighted by Crippen LogP contribution is 2.34. The molecule has 1 heterocycles. The number of fused-ring (bicyclic) bond motifs is 1. The fourth-order valence-corrected chi connectivity index (χ4v) is 2.51. The minimum Gasteiger partial charge on any atom is -0.496 e. The molecule has 1 aromatic heterocycles. The topological polar surface area (TPSA) is 42.1 Å². The van der Waals surface area contributed by atoms with E-state index in [1.54, 1.807) is 7.11 Å². The van der Waals surface area contributed by atoms with Gasteiger partial charge in [0.15, 0.2) is 0 Å². The lowest BCUT2D eigenvalue weighted by molar-refractivity contribution is -0.107. The number of ether oxygens (including phenoxy) is 1. The standard InChI is InChI=1S/C17H15NO2/c1-20-17-12(9-10-19)6-4-7-14(17)16-11-13-5-2-3-8-15(13)18-16/h2-8,10-11,18H,9H2,1H3. The van der Waals surface area contributed by atoms with Crippen LogP contribution in [0.1, 0.15) is 5.56 Å². The molecule has 1 N–H and O–H groups in total. The van der Waals surface area contributed by atoms with Crippen molar-refractivity contribution in [2.75, 3.05) is 7.11 Å². The van der Waals surface area contributed by atoms with Crippen molar-refractivity contribution in [2.45, 2.75) is 6.42 Å². The second-order valence-corrected chi connectivity index (χ2v) is 4.64. The summed E-state index contributed by atoms with van der Waals surface area (Å²) in [6, 6.07) is 16.1. The van der Waals surface area contributed by atoms with E-state index in [4.69, 9.17) is 4.74 Å². The number of carbonyl (C=O) groups is 1. The minimum atomic E-state index is 0.358. The lowest BCUT2D eigenvalue weighted by atomic mass is 10.0. The van der Waals surface area contributed by atoms with Crippen LogP contribution in [0.15, 0.2) is 48.5 Å². The molecule has 0 fully saturated rings. The van der Waals surface area contributed by atoms with Crippen LogP contribution in [0.3, 0.4) is 0 Å². The number of carbonyl (C=O) groups excluding carboxylic acids is 1. The van der Waals surface area contributed by atoms with Gasteiger partial charge in [0.2, 0.25) is 0 Å². The third-order valence-corrected chi connectivity index (χ3v) is 3.42. The predicted molar refractivity (Wildman–Crippen MR) is 80.1 cm³/mol. The Bertz CT molecular complexity index is 726. The van der Waals surface area contributed by atoms with Crippen LogP contribution in [0.4, 0.5) is 0 Å². The molecular formula is C17H15NO2. The lowest BCUT2D eigenvalue weighted by Gasteiger charge is -2.11. The van der Waals surface area contributed by atoms with Crippen LogP contribution in [0.2, 0.25) is 0 Å². The average molecular weight is 265 g/mol. The van der Waals surface area contributed by atoms with Crippen LogP contribution >= 0.6 is 0 Å². The van der Waals surface area contributed by atoms with Gasteiger partial charge in [-0.25, -0.2) is 0 Å². The molecule has 0 atom stereocenters. The summed E-state index contributed by atoms with van der Waals surface area (Å²) in [5.74, 6) is 0.756. The maximum atomic E-state index is 10.8. The molecule has 3 rings (SSSR count). The zero-order valence-electron chi connectivity index (χ0n) is 11.2. The Morgan fingerprint density at radius 2 is 2.00 bits per heavy atom. The largest absolute Gasteiger partial charge is 0.496 e. The van der Waals surface area contributed by atoms with Gasteiger partial charge in [-0.15, -0.1) is 0 Å². The number of H-pyrrole nitrogens is 1. The first kappa shape index (κ1) is 12.5. The van der Waals surface area contributed by atoms with Gasteiger partial charge in [-0.3, -0.25) is 0 Å². The number of hydrogen-bond acceptors (Lipinski definition) is 2. The Morgan fingerprint density at radius 1 is 1.15 bits per heavy atom. The smallest absolute Gasteiger partial charge is 0.131 e. The highest BCUT2D eigenvalue weighted by Gasteiger charge is 2.12. The van der Waals surface area contributed by atoms with Crippen LogP contribution < -0.4 is 4.74 Å². The Hall–Kier alpha value is -2.55. The van der Waals surface area contributed by atoms with Crippen molar-refractivity contribution >= 4 is 17.2 Å². The quantitative estimate of drug-likeness (QED) is 0.732. The van der Waals surface area contributed by atoms with Crippen LogP contribution in [-0.4, -0.2) is 18.4 Å². The molecular weight excluding hydrogens is 250 g/mol. The first-order valence-corrected chi connectivity index (χ1v) is 6.51. The van der Waals surface area contributed by atoms with Crippen LogP contribution in [0.25, 0.3) is 22.2 Å². The van der Waals surface area contributed by atoms with E-state index in [-0.39, 0.29) is 0 Å². The van der Waals surface area contributed by atoms with Crippen molar-refractivity contribution < 1.29 is 9.53 Å².